The number of quaternary nitrogens is 1. The van der Waals surface area contributed by atoms with Gasteiger partial charge in [-0.3, -0.25) is 9.59 Å². The van der Waals surface area contributed by atoms with Crippen LogP contribution < -0.4 is 10.2 Å². The Bertz CT molecular complexity index is 827. The predicted molar refractivity (Wildman–Crippen MR) is 111 cm³/mol. The van der Waals surface area contributed by atoms with Gasteiger partial charge >= 0.3 is 5.97 Å². The van der Waals surface area contributed by atoms with E-state index in [-0.39, 0.29) is 24.3 Å². The fourth-order valence-electron chi connectivity index (χ4n) is 7.00. The maximum Gasteiger partial charge on any atom is 0.338 e. The molecule has 4 saturated carbocycles. The van der Waals surface area contributed by atoms with Gasteiger partial charge in [-0.15, -0.1) is 0 Å². The van der Waals surface area contributed by atoms with Gasteiger partial charge in [0.25, 0.3) is 5.91 Å². The van der Waals surface area contributed by atoms with Crippen LogP contribution in [0.5, 0.6) is 0 Å². The molecule has 0 spiro atoms. The molecule has 1 atom stereocenters. The summed E-state index contributed by atoms with van der Waals surface area (Å²) in [5, 5.41) is 2.15. The molecule has 4 bridgehead atoms. The number of carbonyl (C=O) groups is 3. The number of rotatable bonds is 6. The van der Waals surface area contributed by atoms with Crippen molar-refractivity contribution in [3.05, 3.63) is 29.8 Å². The Hall–Kier alpha value is -2.21. The smallest absolute Gasteiger partial charge is 0.338 e. The van der Waals surface area contributed by atoms with Crippen molar-refractivity contribution < 1.29 is 24.4 Å². The summed E-state index contributed by atoms with van der Waals surface area (Å²) in [5.41, 5.74) is 1.33. The molecule has 6 nitrogen and oxygen atoms in total. The number of amides is 2. The van der Waals surface area contributed by atoms with Crippen molar-refractivity contribution in [3.8, 4) is 0 Å². The maximum atomic E-state index is 13.0. The van der Waals surface area contributed by atoms with Crippen LogP contribution in [0.1, 0.15) is 62.2 Å². The summed E-state index contributed by atoms with van der Waals surface area (Å²) in [5.74, 6) is 1.98. The van der Waals surface area contributed by atoms with Crippen LogP contribution in [-0.2, 0) is 14.3 Å². The number of esters is 1. The first-order chi connectivity index (χ1) is 14.5. The molecule has 1 saturated heterocycles. The summed E-state index contributed by atoms with van der Waals surface area (Å²) < 4.78 is 4.99. The lowest BCUT2D eigenvalue weighted by Gasteiger charge is -2.56. The normalized spacial score (nSPS) is 34.6. The van der Waals surface area contributed by atoms with Crippen LogP contribution in [0.25, 0.3) is 0 Å². The van der Waals surface area contributed by atoms with E-state index in [4.69, 9.17) is 4.74 Å². The van der Waals surface area contributed by atoms with Gasteiger partial charge in [0.2, 0.25) is 5.91 Å². The number of carbonyl (C=O) groups excluding carboxylic acids is 3. The highest BCUT2D eigenvalue weighted by Crippen LogP contribution is 2.59. The number of anilines is 1. The number of ether oxygens (including phenoxy) is 1. The average Bonchev–Trinajstić information content (AvgIpc) is 2.99. The Balaban J connectivity index is 1.24. The first kappa shape index (κ1) is 19.7. The molecule has 6 heteroatoms. The molecule has 0 aromatic heterocycles. The average molecular weight is 412 g/mol. The van der Waals surface area contributed by atoms with Gasteiger partial charge in [-0.2, -0.15) is 0 Å². The number of hydrogen-bond donors (Lipinski definition) is 1. The number of hydrogen-bond acceptors (Lipinski definition) is 4. The first-order valence-corrected chi connectivity index (χ1v) is 11.4. The third-order valence-corrected chi connectivity index (χ3v) is 7.82. The second kappa shape index (κ2) is 7.49. The number of nitrogens with zero attached hydrogens (tertiary/aromatic N) is 1. The van der Waals surface area contributed by atoms with Crippen LogP contribution >= 0.6 is 0 Å². The third kappa shape index (κ3) is 3.45. The van der Waals surface area contributed by atoms with Gasteiger partial charge in [0.05, 0.1) is 30.8 Å². The quantitative estimate of drug-likeness (QED) is 0.575. The minimum absolute atomic E-state index is 0.131. The molecule has 0 unspecified atom stereocenters. The van der Waals surface area contributed by atoms with Crippen LogP contribution in [0.4, 0.5) is 5.69 Å². The Labute approximate surface area is 177 Å². The van der Waals surface area contributed by atoms with Crippen molar-refractivity contribution in [2.24, 2.45) is 23.2 Å². The van der Waals surface area contributed by atoms with Crippen LogP contribution in [0, 0.1) is 23.2 Å². The van der Waals surface area contributed by atoms with Gasteiger partial charge < -0.3 is 10.1 Å². The molecule has 30 heavy (non-hydrogen) atoms. The third-order valence-electron chi connectivity index (χ3n) is 7.82. The number of nitrogens with two attached hydrogens (primary N) is 1. The van der Waals surface area contributed by atoms with Gasteiger partial charge in [-0.05, 0) is 87.5 Å². The van der Waals surface area contributed by atoms with E-state index in [9.17, 15) is 14.4 Å². The molecule has 4 aliphatic carbocycles. The van der Waals surface area contributed by atoms with Crippen molar-refractivity contribution in [1.29, 1.82) is 0 Å². The van der Waals surface area contributed by atoms with E-state index in [1.54, 1.807) is 31.2 Å². The Morgan fingerprint density at radius 1 is 1.07 bits per heavy atom. The molecule has 5 aliphatic rings. The Kier molecular flexibility index (Phi) is 4.92. The van der Waals surface area contributed by atoms with E-state index in [2.05, 4.69) is 5.32 Å². The van der Waals surface area contributed by atoms with Gasteiger partial charge in [-0.1, -0.05) is 0 Å². The molecule has 1 aromatic rings. The zero-order chi connectivity index (χ0) is 20.9. The molecular weight excluding hydrogens is 380 g/mol. The van der Waals surface area contributed by atoms with Crippen molar-refractivity contribution in [1.82, 2.24) is 0 Å². The lowest BCUT2D eigenvalue weighted by atomic mass is 9.49. The predicted octanol–water partition coefficient (Wildman–Crippen LogP) is 2.27. The highest BCUT2D eigenvalue weighted by molar-refractivity contribution is 6.21. The van der Waals surface area contributed by atoms with Gasteiger partial charge in [0, 0.05) is 5.41 Å². The highest BCUT2D eigenvalue weighted by Gasteiger charge is 2.53. The lowest BCUT2D eigenvalue weighted by molar-refractivity contribution is -0.687. The Morgan fingerprint density at radius 3 is 2.23 bits per heavy atom. The molecule has 160 valence electrons. The fraction of sp³-hybridized carbons (Fsp3) is 0.625. The Morgan fingerprint density at radius 2 is 1.67 bits per heavy atom. The van der Waals surface area contributed by atoms with E-state index < -0.39 is 5.97 Å². The van der Waals surface area contributed by atoms with Gasteiger partial charge in [-0.25, -0.2) is 9.69 Å². The minimum Gasteiger partial charge on any atom is -0.462 e. The van der Waals surface area contributed by atoms with E-state index in [0.717, 1.165) is 24.3 Å². The largest absolute Gasteiger partial charge is 0.462 e. The summed E-state index contributed by atoms with van der Waals surface area (Å²) >= 11 is 0. The zero-order valence-electron chi connectivity index (χ0n) is 17.6. The molecule has 1 heterocycles. The number of imide groups is 1. The van der Waals surface area contributed by atoms with Crippen LogP contribution in [0.2, 0.25) is 0 Å². The van der Waals surface area contributed by atoms with Crippen LogP contribution in [0.3, 0.4) is 0 Å². The van der Waals surface area contributed by atoms with Crippen molar-refractivity contribution in [3.63, 3.8) is 0 Å². The summed E-state index contributed by atoms with van der Waals surface area (Å²) in [6.45, 7) is 3.04. The van der Waals surface area contributed by atoms with E-state index in [1.807, 2.05) is 0 Å². The monoisotopic (exact) mass is 411 g/mol. The van der Waals surface area contributed by atoms with Crippen molar-refractivity contribution >= 4 is 23.5 Å². The van der Waals surface area contributed by atoms with Crippen LogP contribution in [-0.4, -0.2) is 37.0 Å². The molecular formula is C24H31N2O4+. The van der Waals surface area contributed by atoms with E-state index in [1.165, 1.54) is 43.4 Å². The number of benzene rings is 1. The zero-order valence-corrected chi connectivity index (χ0v) is 17.6. The molecule has 6 rings (SSSR count). The van der Waals surface area contributed by atoms with Gasteiger partial charge in [0.1, 0.15) is 0 Å². The van der Waals surface area contributed by atoms with Crippen LogP contribution in [0.15, 0.2) is 24.3 Å². The lowest BCUT2D eigenvalue weighted by Crippen LogP contribution is -2.94. The molecule has 2 amide bonds. The molecule has 0 radical (unpaired) electrons. The second-order valence-corrected chi connectivity index (χ2v) is 10.0. The van der Waals surface area contributed by atoms with Gasteiger partial charge in [0.15, 0.2) is 6.04 Å². The van der Waals surface area contributed by atoms with Crippen molar-refractivity contribution in [2.45, 2.75) is 57.9 Å². The SMILES string of the molecule is CCOC(=O)c1ccc(N2C(=O)C[C@H]([NH2+]CC34CC5CC(CC(C5)C3)C4)C2=O)cc1. The summed E-state index contributed by atoms with van der Waals surface area (Å²) in [4.78, 5) is 38.8. The summed E-state index contributed by atoms with van der Waals surface area (Å²) in [6.07, 6.45) is 8.42. The molecule has 5 fully saturated rings. The first-order valence-electron chi connectivity index (χ1n) is 11.4. The minimum atomic E-state index is -0.398. The molecule has 1 aromatic carbocycles. The van der Waals surface area contributed by atoms with E-state index in [0.29, 0.717) is 23.3 Å². The standard InChI is InChI=1S/C24H30N2O4/c1-2-30-23(29)18-3-5-19(6-4-18)26-21(27)10-20(22(26)28)25-14-24-11-15-7-16(12-24)9-17(8-15)13-24/h3-6,15-17,20,25H,2,7-14H2,1H3/p+1/t15?,16?,17?,20-,24?/m0/s1. The summed E-state index contributed by atoms with van der Waals surface area (Å²) in [7, 11) is 0. The molecule has 1 aliphatic heterocycles. The van der Waals surface area contributed by atoms with E-state index >= 15 is 0 Å². The highest BCUT2D eigenvalue weighted by atomic mass is 16.5. The second-order valence-electron chi connectivity index (χ2n) is 10.0. The maximum absolute atomic E-state index is 13.0. The summed E-state index contributed by atoms with van der Waals surface area (Å²) in [6, 6.07) is 6.21. The fourth-order valence-corrected chi connectivity index (χ4v) is 7.00. The molecule has 2 N–H and O–H groups in total. The van der Waals surface area contributed by atoms with Crippen molar-refractivity contribution in [2.75, 3.05) is 18.1 Å². The topological polar surface area (TPSA) is 80.3 Å².